The summed E-state index contributed by atoms with van der Waals surface area (Å²) in [4.78, 5) is 0. The van der Waals surface area contributed by atoms with Crippen LogP contribution in [-0.2, 0) is 13.5 Å². The van der Waals surface area contributed by atoms with Crippen LogP contribution >= 0.6 is 15.9 Å². The van der Waals surface area contributed by atoms with E-state index in [0.717, 1.165) is 21.1 Å². The Balaban J connectivity index is 2.72. The Morgan fingerprint density at radius 2 is 2.29 bits per heavy atom. The van der Waals surface area contributed by atoms with Crippen molar-refractivity contribution >= 4 is 26.8 Å². The minimum absolute atomic E-state index is 0.169. The van der Waals surface area contributed by atoms with E-state index in [1.807, 2.05) is 29.9 Å². The molecule has 74 valence electrons. The SMILES string of the molecule is Cn1nc(Br)c2cccc(CCO)c21. The highest BCUT2D eigenvalue weighted by Gasteiger charge is 2.08. The molecule has 3 nitrogen and oxygen atoms in total. The van der Waals surface area contributed by atoms with E-state index in [4.69, 9.17) is 5.11 Å². The average molecular weight is 255 g/mol. The van der Waals surface area contributed by atoms with Crippen LogP contribution in [-0.4, -0.2) is 21.5 Å². The summed E-state index contributed by atoms with van der Waals surface area (Å²) in [6.07, 6.45) is 0.670. The number of rotatable bonds is 2. The van der Waals surface area contributed by atoms with Crippen molar-refractivity contribution in [1.29, 1.82) is 0 Å². The summed E-state index contributed by atoms with van der Waals surface area (Å²) in [6.45, 7) is 0.169. The predicted octanol–water partition coefficient (Wildman–Crippen LogP) is 1.87. The van der Waals surface area contributed by atoms with Gasteiger partial charge in [-0.25, -0.2) is 0 Å². The summed E-state index contributed by atoms with van der Waals surface area (Å²) >= 11 is 3.41. The van der Waals surface area contributed by atoms with Gasteiger partial charge >= 0.3 is 0 Å². The number of hydrogen-bond acceptors (Lipinski definition) is 2. The van der Waals surface area contributed by atoms with Crippen molar-refractivity contribution in [2.45, 2.75) is 6.42 Å². The molecule has 1 aromatic heterocycles. The van der Waals surface area contributed by atoms with Gasteiger partial charge in [-0.15, -0.1) is 0 Å². The molecule has 0 unspecified atom stereocenters. The van der Waals surface area contributed by atoms with Crippen LogP contribution in [0, 0.1) is 0 Å². The van der Waals surface area contributed by atoms with Gasteiger partial charge in [0, 0.05) is 19.0 Å². The molecule has 14 heavy (non-hydrogen) atoms. The van der Waals surface area contributed by atoms with Crippen molar-refractivity contribution in [2.75, 3.05) is 6.61 Å². The van der Waals surface area contributed by atoms with Crippen molar-refractivity contribution in [1.82, 2.24) is 9.78 Å². The van der Waals surface area contributed by atoms with Crippen molar-refractivity contribution < 1.29 is 5.11 Å². The Kier molecular flexibility index (Phi) is 2.56. The summed E-state index contributed by atoms with van der Waals surface area (Å²) in [5, 5.41) is 14.3. The number of halogens is 1. The Morgan fingerprint density at radius 3 is 3.00 bits per heavy atom. The largest absolute Gasteiger partial charge is 0.396 e. The number of aryl methyl sites for hydroxylation is 1. The molecular formula is C10H11BrN2O. The van der Waals surface area contributed by atoms with Gasteiger partial charge in [-0.1, -0.05) is 18.2 Å². The quantitative estimate of drug-likeness (QED) is 0.889. The maximum absolute atomic E-state index is 8.94. The normalized spacial score (nSPS) is 11.1. The van der Waals surface area contributed by atoms with Gasteiger partial charge in [0.2, 0.25) is 0 Å². The monoisotopic (exact) mass is 254 g/mol. The third-order valence-electron chi connectivity index (χ3n) is 2.28. The van der Waals surface area contributed by atoms with Gasteiger partial charge < -0.3 is 5.11 Å². The maximum atomic E-state index is 8.94. The van der Waals surface area contributed by atoms with Crippen molar-refractivity contribution in [3.8, 4) is 0 Å². The number of nitrogens with zero attached hydrogens (tertiary/aromatic N) is 2. The maximum Gasteiger partial charge on any atom is 0.135 e. The Morgan fingerprint density at radius 1 is 1.50 bits per heavy atom. The summed E-state index contributed by atoms with van der Waals surface area (Å²) in [5.41, 5.74) is 2.22. The van der Waals surface area contributed by atoms with E-state index in [2.05, 4.69) is 21.0 Å². The smallest absolute Gasteiger partial charge is 0.135 e. The molecule has 2 rings (SSSR count). The van der Waals surface area contributed by atoms with E-state index in [9.17, 15) is 0 Å². The first kappa shape index (κ1) is 9.68. The molecule has 1 aromatic carbocycles. The molecule has 0 atom stereocenters. The fourth-order valence-electron chi connectivity index (χ4n) is 1.70. The standard InChI is InChI=1S/C10H11BrN2O/c1-13-9-7(5-6-14)3-2-4-8(9)10(11)12-13/h2-4,14H,5-6H2,1H3. The third kappa shape index (κ3) is 1.44. The highest BCUT2D eigenvalue weighted by molar-refractivity contribution is 9.10. The van der Waals surface area contributed by atoms with E-state index in [1.165, 1.54) is 0 Å². The summed E-state index contributed by atoms with van der Waals surface area (Å²) in [5.74, 6) is 0. The van der Waals surface area contributed by atoms with Gasteiger partial charge in [0.15, 0.2) is 0 Å². The minimum atomic E-state index is 0.169. The van der Waals surface area contributed by atoms with Crippen molar-refractivity contribution in [3.63, 3.8) is 0 Å². The van der Waals surface area contributed by atoms with Crippen molar-refractivity contribution in [3.05, 3.63) is 28.4 Å². The topological polar surface area (TPSA) is 38.0 Å². The second kappa shape index (κ2) is 3.71. The van der Waals surface area contributed by atoms with Gasteiger partial charge in [-0.05, 0) is 27.9 Å². The molecule has 2 aromatic rings. The highest BCUT2D eigenvalue weighted by atomic mass is 79.9. The van der Waals surface area contributed by atoms with Crippen LogP contribution in [0.5, 0.6) is 0 Å². The molecule has 0 radical (unpaired) electrons. The molecular weight excluding hydrogens is 244 g/mol. The van der Waals surface area contributed by atoms with Crippen LogP contribution in [0.2, 0.25) is 0 Å². The molecule has 0 aliphatic rings. The lowest BCUT2D eigenvalue weighted by molar-refractivity contribution is 0.300. The number of fused-ring (bicyclic) bond motifs is 1. The lowest BCUT2D eigenvalue weighted by atomic mass is 10.1. The molecule has 4 heteroatoms. The second-order valence-corrected chi connectivity index (χ2v) is 3.95. The zero-order valence-corrected chi connectivity index (χ0v) is 9.45. The van der Waals surface area contributed by atoms with Crippen molar-refractivity contribution in [2.24, 2.45) is 7.05 Å². The summed E-state index contributed by atoms with van der Waals surface area (Å²) in [6, 6.07) is 6.03. The summed E-state index contributed by atoms with van der Waals surface area (Å²) < 4.78 is 2.69. The molecule has 0 fully saturated rings. The Bertz CT molecular complexity index is 464. The van der Waals surface area contributed by atoms with E-state index in [-0.39, 0.29) is 6.61 Å². The molecule has 0 amide bonds. The van der Waals surface area contributed by atoms with Crippen LogP contribution in [0.1, 0.15) is 5.56 Å². The first-order valence-corrected chi connectivity index (χ1v) is 5.24. The number of para-hydroxylation sites is 1. The predicted molar refractivity (Wildman–Crippen MR) is 59.2 cm³/mol. The molecule has 1 heterocycles. The van der Waals surface area contributed by atoms with Gasteiger partial charge in [-0.3, -0.25) is 4.68 Å². The first-order valence-electron chi connectivity index (χ1n) is 4.45. The highest BCUT2D eigenvalue weighted by Crippen LogP contribution is 2.25. The number of benzene rings is 1. The fourth-order valence-corrected chi connectivity index (χ4v) is 2.26. The second-order valence-electron chi connectivity index (χ2n) is 3.20. The van der Waals surface area contributed by atoms with Gasteiger partial charge in [-0.2, -0.15) is 5.10 Å². The molecule has 0 bridgehead atoms. The van der Waals surface area contributed by atoms with Crippen LogP contribution in [0.3, 0.4) is 0 Å². The molecule has 1 N–H and O–H groups in total. The van der Waals surface area contributed by atoms with Crippen LogP contribution in [0.25, 0.3) is 10.9 Å². The van der Waals surface area contributed by atoms with Crippen LogP contribution < -0.4 is 0 Å². The van der Waals surface area contributed by atoms with Gasteiger partial charge in [0.1, 0.15) is 4.60 Å². The average Bonchev–Trinajstić information content (AvgIpc) is 2.44. The van der Waals surface area contributed by atoms with E-state index < -0.39 is 0 Å². The number of aliphatic hydroxyl groups excluding tert-OH is 1. The molecule has 0 saturated carbocycles. The zero-order valence-electron chi connectivity index (χ0n) is 7.87. The molecule has 0 aliphatic carbocycles. The summed E-state index contributed by atoms with van der Waals surface area (Å²) in [7, 11) is 1.91. The lowest BCUT2D eigenvalue weighted by Gasteiger charge is -2.02. The number of aromatic nitrogens is 2. The van der Waals surface area contributed by atoms with E-state index >= 15 is 0 Å². The Hall–Kier alpha value is -0.870. The first-order chi connectivity index (χ1) is 6.74. The van der Waals surface area contributed by atoms with Gasteiger partial charge in [0.05, 0.1) is 5.52 Å². The molecule has 0 spiro atoms. The van der Waals surface area contributed by atoms with E-state index in [1.54, 1.807) is 0 Å². The van der Waals surface area contributed by atoms with Gasteiger partial charge in [0.25, 0.3) is 0 Å². The lowest BCUT2D eigenvalue weighted by Crippen LogP contribution is -1.96. The fraction of sp³-hybridized carbons (Fsp3) is 0.300. The number of aliphatic hydroxyl groups is 1. The van der Waals surface area contributed by atoms with Crippen LogP contribution in [0.4, 0.5) is 0 Å². The number of hydrogen-bond donors (Lipinski definition) is 1. The zero-order chi connectivity index (χ0) is 10.1. The Labute approximate surface area is 90.5 Å². The molecule has 0 aliphatic heterocycles. The molecule has 0 saturated heterocycles. The van der Waals surface area contributed by atoms with Crippen LogP contribution in [0.15, 0.2) is 22.8 Å². The third-order valence-corrected chi connectivity index (χ3v) is 2.87. The van der Waals surface area contributed by atoms with E-state index in [0.29, 0.717) is 6.42 Å². The minimum Gasteiger partial charge on any atom is -0.396 e.